The topological polar surface area (TPSA) is 86.6 Å². The monoisotopic (exact) mass is 431 g/mol. The van der Waals surface area contributed by atoms with Gasteiger partial charge in [0.1, 0.15) is 5.82 Å². The van der Waals surface area contributed by atoms with Crippen LogP contribution in [0.5, 0.6) is 0 Å². The smallest absolute Gasteiger partial charge is 0.322 e. The number of nitrogens with zero attached hydrogens (tertiary/aromatic N) is 6. The van der Waals surface area contributed by atoms with E-state index in [2.05, 4.69) is 20.1 Å². The first-order valence-corrected chi connectivity index (χ1v) is 10.5. The Morgan fingerprint density at radius 1 is 1.10 bits per heavy atom. The summed E-state index contributed by atoms with van der Waals surface area (Å²) < 4.78 is 2.14. The summed E-state index contributed by atoms with van der Waals surface area (Å²) in [6.45, 7) is 3.10. The highest BCUT2D eigenvalue weighted by atomic mass is 35.5. The fourth-order valence-corrected chi connectivity index (χ4v) is 4.23. The minimum absolute atomic E-state index is 0.0538. The molecule has 0 radical (unpaired) electrons. The molecular formula is C20H26ClN7O2. The minimum Gasteiger partial charge on any atom is -0.331 e. The highest BCUT2D eigenvalue weighted by Gasteiger charge is 2.31. The summed E-state index contributed by atoms with van der Waals surface area (Å²) >= 11 is 5.99. The fraction of sp³-hybridized carbons (Fsp3) is 0.500. The molecule has 4 amide bonds. The van der Waals surface area contributed by atoms with Gasteiger partial charge in [0.2, 0.25) is 0 Å². The van der Waals surface area contributed by atoms with Crippen LogP contribution in [0.15, 0.2) is 24.3 Å². The van der Waals surface area contributed by atoms with Crippen molar-refractivity contribution in [1.82, 2.24) is 29.5 Å². The minimum atomic E-state index is -0.177. The van der Waals surface area contributed by atoms with Gasteiger partial charge in [0, 0.05) is 56.9 Å². The number of carbonyl (C=O) groups is 2. The maximum atomic E-state index is 12.6. The van der Waals surface area contributed by atoms with Gasteiger partial charge in [-0.2, -0.15) is 0 Å². The molecule has 30 heavy (non-hydrogen) atoms. The van der Waals surface area contributed by atoms with Crippen LogP contribution in [0, 0.1) is 0 Å². The van der Waals surface area contributed by atoms with Gasteiger partial charge in [0.05, 0.1) is 6.54 Å². The lowest BCUT2D eigenvalue weighted by molar-refractivity contribution is 0.154. The lowest BCUT2D eigenvalue weighted by Gasteiger charge is -2.34. The molecule has 1 N–H and O–H groups in total. The van der Waals surface area contributed by atoms with Gasteiger partial charge in [0.25, 0.3) is 0 Å². The third-order valence-corrected chi connectivity index (χ3v) is 5.89. The lowest BCUT2D eigenvalue weighted by atomic mass is 9.96. The van der Waals surface area contributed by atoms with Crippen LogP contribution in [-0.4, -0.2) is 75.3 Å². The van der Waals surface area contributed by atoms with Gasteiger partial charge >= 0.3 is 12.1 Å². The van der Waals surface area contributed by atoms with E-state index in [1.54, 1.807) is 42.1 Å². The van der Waals surface area contributed by atoms with Crippen molar-refractivity contribution in [1.29, 1.82) is 0 Å². The van der Waals surface area contributed by atoms with Gasteiger partial charge in [-0.15, -0.1) is 10.2 Å². The zero-order valence-corrected chi connectivity index (χ0v) is 18.0. The molecular weight excluding hydrogens is 406 g/mol. The van der Waals surface area contributed by atoms with Crippen LogP contribution in [0.25, 0.3) is 0 Å². The number of carbonyl (C=O) groups excluding carboxylic acids is 2. The van der Waals surface area contributed by atoms with Gasteiger partial charge in [-0.1, -0.05) is 17.7 Å². The van der Waals surface area contributed by atoms with Crippen molar-refractivity contribution < 1.29 is 9.59 Å². The van der Waals surface area contributed by atoms with E-state index in [1.807, 2.05) is 11.0 Å². The Balaban J connectivity index is 1.38. The van der Waals surface area contributed by atoms with Crippen molar-refractivity contribution in [3.05, 3.63) is 40.9 Å². The largest absolute Gasteiger partial charge is 0.331 e. The van der Waals surface area contributed by atoms with Gasteiger partial charge in [0.15, 0.2) is 5.82 Å². The summed E-state index contributed by atoms with van der Waals surface area (Å²) in [5.74, 6) is 2.05. The van der Waals surface area contributed by atoms with E-state index in [0.29, 0.717) is 30.3 Å². The molecule has 2 aromatic rings. The number of likely N-dealkylation sites (tertiary alicyclic amines) is 1. The van der Waals surface area contributed by atoms with Crippen LogP contribution in [0.2, 0.25) is 5.02 Å². The molecule has 160 valence electrons. The zero-order valence-electron chi connectivity index (χ0n) is 17.2. The lowest BCUT2D eigenvalue weighted by Crippen LogP contribution is -2.44. The standard InChI is InChI=1S/C20H26ClN7O2/c1-25(2)20(30)26-8-6-14(7-9-26)18-24-23-17-13-27(10-11-28(17)18)19(29)22-16-5-3-4-15(21)12-16/h3-5,12,14H,6-11,13H2,1-2H3,(H,22,29). The van der Waals surface area contributed by atoms with E-state index >= 15 is 0 Å². The summed E-state index contributed by atoms with van der Waals surface area (Å²) in [7, 11) is 3.55. The van der Waals surface area contributed by atoms with Crippen molar-refractivity contribution in [2.75, 3.05) is 39.0 Å². The zero-order chi connectivity index (χ0) is 21.3. The molecule has 3 heterocycles. The maximum Gasteiger partial charge on any atom is 0.322 e. The molecule has 2 aliphatic rings. The van der Waals surface area contributed by atoms with E-state index < -0.39 is 0 Å². The summed E-state index contributed by atoms with van der Waals surface area (Å²) in [6, 6.07) is 6.97. The number of amides is 4. The highest BCUT2D eigenvalue weighted by molar-refractivity contribution is 6.30. The first-order valence-electron chi connectivity index (χ1n) is 10.1. The second kappa shape index (κ2) is 8.51. The number of hydrogen-bond acceptors (Lipinski definition) is 4. The van der Waals surface area contributed by atoms with E-state index in [4.69, 9.17) is 11.6 Å². The molecule has 1 aromatic carbocycles. The van der Waals surface area contributed by atoms with Gasteiger partial charge in [-0.05, 0) is 31.0 Å². The second-order valence-electron chi connectivity index (χ2n) is 7.93. The SMILES string of the molecule is CN(C)C(=O)N1CCC(c2nnc3n2CCN(C(=O)Nc2cccc(Cl)c2)C3)CC1. The van der Waals surface area contributed by atoms with Crippen molar-refractivity contribution in [3.8, 4) is 0 Å². The van der Waals surface area contributed by atoms with E-state index in [0.717, 1.165) is 37.6 Å². The number of nitrogens with one attached hydrogen (secondary N) is 1. The summed E-state index contributed by atoms with van der Waals surface area (Å²) in [4.78, 5) is 30.0. The van der Waals surface area contributed by atoms with Crippen LogP contribution in [0.1, 0.15) is 30.4 Å². The van der Waals surface area contributed by atoms with Crippen molar-refractivity contribution in [2.45, 2.75) is 31.8 Å². The molecule has 1 saturated heterocycles. The first kappa shape index (κ1) is 20.5. The molecule has 0 atom stereocenters. The molecule has 9 nitrogen and oxygen atoms in total. The van der Waals surface area contributed by atoms with E-state index in [1.165, 1.54) is 0 Å². The predicted molar refractivity (Wildman–Crippen MR) is 114 cm³/mol. The fourth-order valence-electron chi connectivity index (χ4n) is 4.04. The van der Waals surface area contributed by atoms with Crippen molar-refractivity contribution in [2.24, 2.45) is 0 Å². The van der Waals surface area contributed by atoms with Gasteiger partial charge in [-0.25, -0.2) is 9.59 Å². The molecule has 0 spiro atoms. The van der Waals surface area contributed by atoms with Crippen LogP contribution in [0.3, 0.4) is 0 Å². The highest BCUT2D eigenvalue weighted by Crippen LogP contribution is 2.29. The summed E-state index contributed by atoms with van der Waals surface area (Å²) in [5, 5.41) is 12.2. The number of anilines is 1. The molecule has 0 saturated carbocycles. The van der Waals surface area contributed by atoms with E-state index in [-0.39, 0.29) is 18.0 Å². The van der Waals surface area contributed by atoms with Gasteiger partial charge < -0.3 is 24.6 Å². The number of urea groups is 2. The third kappa shape index (κ3) is 4.21. The predicted octanol–water partition coefficient (Wildman–Crippen LogP) is 2.84. The number of rotatable bonds is 2. The van der Waals surface area contributed by atoms with Crippen LogP contribution in [0.4, 0.5) is 15.3 Å². The average Bonchev–Trinajstić information content (AvgIpc) is 3.16. The Labute approximate surface area is 180 Å². The number of benzene rings is 1. The molecule has 10 heteroatoms. The Hall–Kier alpha value is -2.81. The van der Waals surface area contributed by atoms with Crippen LogP contribution >= 0.6 is 11.6 Å². The number of hydrogen-bond donors (Lipinski definition) is 1. The summed E-state index contributed by atoms with van der Waals surface area (Å²) in [5.41, 5.74) is 0.666. The second-order valence-corrected chi connectivity index (χ2v) is 8.36. The summed E-state index contributed by atoms with van der Waals surface area (Å²) in [6.07, 6.45) is 1.74. The molecule has 2 aliphatic heterocycles. The molecule has 1 fully saturated rings. The van der Waals surface area contributed by atoms with Crippen LogP contribution in [-0.2, 0) is 13.1 Å². The third-order valence-electron chi connectivity index (χ3n) is 5.66. The Morgan fingerprint density at radius 2 is 1.87 bits per heavy atom. The molecule has 0 aliphatic carbocycles. The van der Waals surface area contributed by atoms with E-state index in [9.17, 15) is 9.59 Å². The number of halogens is 1. The molecule has 4 rings (SSSR count). The molecule has 0 unspecified atom stereocenters. The maximum absolute atomic E-state index is 12.6. The van der Waals surface area contributed by atoms with Crippen molar-refractivity contribution >= 4 is 29.4 Å². The Bertz CT molecular complexity index is 937. The van der Waals surface area contributed by atoms with Gasteiger partial charge in [-0.3, -0.25) is 0 Å². The Kier molecular flexibility index (Phi) is 5.80. The Morgan fingerprint density at radius 3 is 2.57 bits per heavy atom. The van der Waals surface area contributed by atoms with Crippen molar-refractivity contribution in [3.63, 3.8) is 0 Å². The first-order chi connectivity index (χ1) is 14.4. The number of aromatic nitrogens is 3. The molecule has 0 bridgehead atoms. The average molecular weight is 432 g/mol. The quantitative estimate of drug-likeness (QED) is 0.792. The number of piperidine rings is 1. The molecule has 1 aromatic heterocycles. The number of fused-ring (bicyclic) bond motifs is 1. The van der Waals surface area contributed by atoms with Crippen LogP contribution < -0.4 is 5.32 Å². The normalized spacial score (nSPS) is 16.9.